The Morgan fingerprint density at radius 3 is 2.41 bits per heavy atom. The Hall–Kier alpha value is -3.09. The minimum absolute atomic E-state index is 0.0420. The zero-order chi connectivity index (χ0) is 19.6. The molecule has 0 aliphatic rings. The summed E-state index contributed by atoms with van der Waals surface area (Å²) in [6.45, 7) is 1.07. The molecule has 0 atom stereocenters. The van der Waals surface area contributed by atoms with Crippen molar-refractivity contribution in [2.45, 2.75) is 19.7 Å². The predicted octanol–water partition coefficient (Wildman–Crippen LogP) is 5.04. The summed E-state index contributed by atoms with van der Waals surface area (Å²) in [6, 6.07) is 13.1. The van der Waals surface area contributed by atoms with Crippen LogP contribution in [0.2, 0.25) is 0 Å². The summed E-state index contributed by atoms with van der Waals surface area (Å²) in [5.74, 6) is -0.718. The number of hydrogen-bond acceptors (Lipinski definition) is 4. The fourth-order valence-corrected chi connectivity index (χ4v) is 2.76. The molecule has 0 saturated heterocycles. The highest BCUT2D eigenvalue weighted by Crippen LogP contribution is 2.41. The molecule has 0 bridgehead atoms. The van der Waals surface area contributed by atoms with Crippen LogP contribution < -0.4 is 9.47 Å². The third kappa shape index (κ3) is 3.86. The number of pyridine rings is 1. The molecule has 27 heavy (non-hydrogen) atoms. The van der Waals surface area contributed by atoms with Crippen LogP contribution >= 0.6 is 0 Å². The Bertz CT molecular complexity index is 985. The zero-order valence-electron chi connectivity index (χ0n) is 14.6. The second-order valence-electron chi connectivity index (χ2n) is 5.88. The third-order valence-corrected chi connectivity index (χ3v) is 3.99. The van der Waals surface area contributed by atoms with Crippen molar-refractivity contribution in [3.05, 3.63) is 65.4 Å². The number of halogens is 3. The topological polar surface area (TPSA) is 48.4 Å². The van der Waals surface area contributed by atoms with Gasteiger partial charge in [-0.05, 0) is 30.7 Å². The number of carbonyl (C=O) groups excluding carboxylic acids is 1. The van der Waals surface area contributed by atoms with Gasteiger partial charge in [0, 0.05) is 5.39 Å². The predicted molar refractivity (Wildman–Crippen MR) is 94.1 cm³/mol. The molecular formula is C20H16F3NO3. The van der Waals surface area contributed by atoms with Crippen molar-refractivity contribution in [2.75, 3.05) is 7.11 Å². The molecule has 2 aromatic carbocycles. The maximum absolute atomic E-state index is 13.6. The molecule has 1 heterocycles. The number of rotatable bonds is 5. The lowest BCUT2D eigenvalue weighted by atomic mass is 10.0. The first-order valence-electron chi connectivity index (χ1n) is 8.08. The number of nitrogens with zero attached hydrogens (tertiary/aromatic N) is 1. The maximum atomic E-state index is 13.6. The van der Waals surface area contributed by atoms with E-state index in [1.165, 1.54) is 32.2 Å². The van der Waals surface area contributed by atoms with Crippen LogP contribution in [0.4, 0.5) is 13.2 Å². The van der Waals surface area contributed by atoms with Crippen molar-refractivity contribution in [3.63, 3.8) is 0 Å². The van der Waals surface area contributed by atoms with Crippen LogP contribution in [0.3, 0.4) is 0 Å². The molecule has 0 spiro atoms. The van der Waals surface area contributed by atoms with Gasteiger partial charge in [-0.1, -0.05) is 30.3 Å². The lowest BCUT2D eigenvalue weighted by Gasteiger charge is -2.18. The molecule has 0 fully saturated rings. The Morgan fingerprint density at radius 1 is 1.11 bits per heavy atom. The zero-order valence-corrected chi connectivity index (χ0v) is 14.6. The van der Waals surface area contributed by atoms with Gasteiger partial charge >= 0.3 is 6.18 Å². The van der Waals surface area contributed by atoms with E-state index in [2.05, 4.69) is 4.98 Å². The van der Waals surface area contributed by atoms with E-state index < -0.39 is 23.4 Å². The number of alkyl halides is 3. The number of fused-ring (bicyclic) bond motifs is 1. The summed E-state index contributed by atoms with van der Waals surface area (Å²) in [7, 11) is 1.43. The average molecular weight is 375 g/mol. The van der Waals surface area contributed by atoms with Crippen LogP contribution in [0.15, 0.2) is 48.5 Å². The Kier molecular flexibility index (Phi) is 5.03. The summed E-state index contributed by atoms with van der Waals surface area (Å²) in [5.41, 5.74) is -0.672. The SMILES string of the molecule is COc1ccc2nc(C(F)(F)F)c(OCc3ccccc3)c(C(C)=O)c2c1. The summed E-state index contributed by atoms with van der Waals surface area (Å²) in [6.07, 6.45) is -4.77. The van der Waals surface area contributed by atoms with Gasteiger partial charge in [0.25, 0.3) is 0 Å². The highest BCUT2D eigenvalue weighted by molar-refractivity contribution is 6.09. The monoisotopic (exact) mass is 375 g/mol. The van der Waals surface area contributed by atoms with E-state index in [1.807, 2.05) is 0 Å². The summed E-state index contributed by atoms with van der Waals surface area (Å²) in [4.78, 5) is 16.0. The van der Waals surface area contributed by atoms with Crippen LogP contribution in [0, 0.1) is 0 Å². The maximum Gasteiger partial charge on any atom is 0.437 e. The molecular weight excluding hydrogens is 359 g/mol. The number of hydrogen-bond donors (Lipinski definition) is 0. The second-order valence-corrected chi connectivity index (χ2v) is 5.88. The molecule has 140 valence electrons. The van der Waals surface area contributed by atoms with Crippen LogP contribution in [0.25, 0.3) is 10.9 Å². The van der Waals surface area contributed by atoms with Gasteiger partial charge in [0.2, 0.25) is 0 Å². The quantitative estimate of drug-likeness (QED) is 0.586. The van der Waals surface area contributed by atoms with Gasteiger partial charge in [0.05, 0.1) is 18.2 Å². The minimum atomic E-state index is -4.77. The summed E-state index contributed by atoms with van der Waals surface area (Å²) < 4.78 is 51.4. The molecule has 0 aliphatic heterocycles. The van der Waals surface area contributed by atoms with Gasteiger partial charge in [-0.25, -0.2) is 4.98 Å². The molecule has 0 N–H and O–H groups in total. The molecule has 0 saturated carbocycles. The van der Waals surface area contributed by atoms with E-state index in [0.29, 0.717) is 11.3 Å². The third-order valence-electron chi connectivity index (χ3n) is 3.99. The fourth-order valence-electron chi connectivity index (χ4n) is 2.76. The number of ketones is 1. The van der Waals surface area contributed by atoms with E-state index in [-0.39, 0.29) is 23.1 Å². The van der Waals surface area contributed by atoms with E-state index >= 15 is 0 Å². The van der Waals surface area contributed by atoms with Crippen LogP contribution in [0.5, 0.6) is 11.5 Å². The molecule has 0 unspecified atom stereocenters. The lowest BCUT2D eigenvalue weighted by Crippen LogP contribution is -2.15. The fraction of sp³-hybridized carbons (Fsp3) is 0.200. The molecule has 7 heteroatoms. The first-order chi connectivity index (χ1) is 12.8. The Labute approximate surface area is 153 Å². The molecule has 0 amide bonds. The number of aromatic nitrogens is 1. The number of methoxy groups -OCH3 is 1. The summed E-state index contributed by atoms with van der Waals surface area (Å²) in [5, 5.41) is 0.248. The summed E-state index contributed by atoms with van der Waals surface area (Å²) >= 11 is 0. The van der Waals surface area contributed by atoms with Gasteiger partial charge in [-0.2, -0.15) is 13.2 Å². The lowest BCUT2D eigenvalue weighted by molar-refractivity contribution is -0.142. The van der Waals surface area contributed by atoms with Crippen LogP contribution in [0.1, 0.15) is 28.5 Å². The Balaban J connectivity index is 2.22. The molecule has 0 aliphatic carbocycles. The van der Waals surface area contributed by atoms with Gasteiger partial charge < -0.3 is 9.47 Å². The minimum Gasteiger partial charge on any atom is -0.497 e. The molecule has 3 rings (SSSR count). The number of benzene rings is 2. The van der Waals surface area contributed by atoms with Gasteiger partial charge in [-0.15, -0.1) is 0 Å². The van der Waals surface area contributed by atoms with Crippen molar-refractivity contribution >= 4 is 16.7 Å². The van der Waals surface area contributed by atoms with Crippen molar-refractivity contribution < 1.29 is 27.4 Å². The van der Waals surface area contributed by atoms with Crippen LogP contribution in [-0.4, -0.2) is 17.9 Å². The number of carbonyl (C=O) groups is 1. The second kappa shape index (κ2) is 7.26. The van der Waals surface area contributed by atoms with Crippen molar-refractivity contribution in [3.8, 4) is 11.5 Å². The highest BCUT2D eigenvalue weighted by Gasteiger charge is 2.39. The molecule has 0 radical (unpaired) electrons. The van der Waals surface area contributed by atoms with Gasteiger partial charge in [0.1, 0.15) is 12.4 Å². The van der Waals surface area contributed by atoms with Crippen molar-refractivity contribution in [1.29, 1.82) is 0 Å². The normalized spacial score (nSPS) is 11.4. The first kappa shape index (κ1) is 18.7. The highest BCUT2D eigenvalue weighted by atomic mass is 19.4. The van der Waals surface area contributed by atoms with Gasteiger partial charge in [-0.3, -0.25) is 4.79 Å². The Morgan fingerprint density at radius 2 is 1.81 bits per heavy atom. The largest absolute Gasteiger partial charge is 0.497 e. The smallest absolute Gasteiger partial charge is 0.437 e. The standard InChI is InChI=1S/C20H16F3NO3/c1-12(25)17-15-10-14(26-2)8-9-16(15)24-19(20(21,22)23)18(17)27-11-13-6-4-3-5-7-13/h3-10H,11H2,1-2H3. The van der Waals surface area contributed by atoms with E-state index in [0.717, 1.165) is 0 Å². The molecule has 1 aromatic heterocycles. The number of ether oxygens (including phenoxy) is 2. The number of Topliss-reactive ketones (excluding diaryl/α,β-unsaturated/α-hetero) is 1. The van der Waals surface area contributed by atoms with Crippen LogP contribution in [-0.2, 0) is 12.8 Å². The molecule has 4 nitrogen and oxygen atoms in total. The van der Waals surface area contributed by atoms with Gasteiger partial charge in [0.15, 0.2) is 17.2 Å². The van der Waals surface area contributed by atoms with E-state index in [1.54, 1.807) is 30.3 Å². The van der Waals surface area contributed by atoms with E-state index in [4.69, 9.17) is 9.47 Å². The van der Waals surface area contributed by atoms with Crippen molar-refractivity contribution in [1.82, 2.24) is 4.98 Å². The average Bonchev–Trinajstić information content (AvgIpc) is 2.64. The van der Waals surface area contributed by atoms with E-state index in [9.17, 15) is 18.0 Å². The van der Waals surface area contributed by atoms with Crippen molar-refractivity contribution in [2.24, 2.45) is 0 Å². The molecule has 3 aromatic rings. The first-order valence-corrected chi connectivity index (χ1v) is 8.08.